The lowest BCUT2D eigenvalue weighted by Gasteiger charge is -2.38. The van der Waals surface area contributed by atoms with E-state index in [1.165, 1.54) is 11.3 Å². The molecule has 76 valence electrons. The molecule has 0 saturated carbocycles. The Balaban J connectivity index is 2.41. The van der Waals surface area contributed by atoms with Crippen LogP contribution in [0.15, 0.2) is 24.3 Å². The number of benzene rings is 1. The summed E-state index contributed by atoms with van der Waals surface area (Å²) in [5, 5.41) is 12.8. The first-order valence-electron chi connectivity index (χ1n) is 5.10. The summed E-state index contributed by atoms with van der Waals surface area (Å²) in [5.74, 6) is 0.280. The molecule has 1 heterocycles. The van der Waals surface area contributed by atoms with E-state index in [1.807, 2.05) is 12.1 Å². The summed E-state index contributed by atoms with van der Waals surface area (Å²) in [6, 6.07) is 8.24. The molecule has 1 atom stereocenters. The van der Waals surface area contributed by atoms with Crippen molar-refractivity contribution in [3.8, 4) is 0 Å². The number of para-hydroxylation sites is 1. The molecular weight excluding hydrogens is 174 g/mol. The first-order valence-corrected chi connectivity index (χ1v) is 5.10. The van der Waals surface area contributed by atoms with Crippen molar-refractivity contribution in [3.63, 3.8) is 0 Å². The van der Waals surface area contributed by atoms with Gasteiger partial charge in [-0.25, -0.2) is 0 Å². The zero-order chi connectivity index (χ0) is 10.2. The van der Waals surface area contributed by atoms with Gasteiger partial charge in [0.25, 0.3) is 0 Å². The fourth-order valence-electron chi connectivity index (χ4n) is 2.27. The fraction of sp³-hybridized carbons (Fsp3) is 0.500. The first kappa shape index (κ1) is 9.53. The highest BCUT2D eigenvalue weighted by molar-refractivity contribution is 5.56. The van der Waals surface area contributed by atoms with Gasteiger partial charge in [0, 0.05) is 17.1 Å². The molecule has 0 aliphatic carbocycles. The van der Waals surface area contributed by atoms with Gasteiger partial charge in [0.05, 0.1) is 6.61 Å². The molecule has 0 aromatic heterocycles. The minimum Gasteiger partial charge on any atom is -0.396 e. The minimum absolute atomic E-state index is 0.0851. The van der Waals surface area contributed by atoms with Gasteiger partial charge in [-0.05, 0) is 31.9 Å². The summed E-state index contributed by atoms with van der Waals surface area (Å²) in [4.78, 5) is 0. The number of aliphatic hydroxyl groups is 1. The Hall–Kier alpha value is -1.02. The summed E-state index contributed by atoms with van der Waals surface area (Å²) >= 11 is 0. The summed E-state index contributed by atoms with van der Waals surface area (Å²) in [6.07, 6.45) is 0.987. The Morgan fingerprint density at radius 1 is 1.43 bits per heavy atom. The fourth-order valence-corrected chi connectivity index (χ4v) is 2.27. The highest BCUT2D eigenvalue weighted by Gasteiger charge is 2.30. The molecule has 1 aliphatic heterocycles. The van der Waals surface area contributed by atoms with Crippen molar-refractivity contribution >= 4 is 5.69 Å². The van der Waals surface area contributed by atoms with E-state index in [-0.39, 0.29) is 18.1 Å². The number of aliphatic hydroxyl groups excluding tert-OH is 1. The molecule has 0 radical (unpaired) electrons. The maximum absolute atomic E-state index is 9.34. The van der Waals surface area contributed by atoms with Crippen LogP contribution in [0.5, 0.6) is 0 Å². The predicted molar refractivity (Wildman–Crippen MR) is 58.6 cm³/mol. The van der Waals surface area contributed by atoms with Crippen LogP contribution >= 0.6 is 0 Å². The standard InChI is InChI=1S/C12H17NO/c1-12(2)7-9(8-14)10-5-3-4-6-11(10)13-12/h3-6,9,13-14H,7-8H2,1-2H3. The van der Waals surface area contributed by atoms with Gasteiger partial charge in [-0.2, -0.15) is 0 Å². The van der Waals surface area contributed by atoms with E-state index in [1.54, 1.807) is 0 Å². The predicted octanol–water partition coefficient (Wildman–Crippen LogP) is 2.36. The number of fused-ring (bicyclic) bond motifs is 1. The largest absolute Gasteiger partial charge is 0.396 e. The molecule has 1 unspecified atom stereocenters. The van der Waals surface area contributed by atoms with E-state index in [0.717, 1.165) is 6.42 Å². The van der Waals surface area contributed by atoms with Gasteiger partial charge in [-0.15, -0.1) is 0 Å². The molecule has 0 spiro atoms. The van der Waals surface area contributed by atoms with E-state index in [2.05, 4.69) is 31.3 Å². The molecule has 2 rings (SSSR count). The smallest absolute Gasteiger partial charge is 0.0501 e. The monoisotopic (exact) mass is 191 g/mol. The molecule has 1 aromatic carbocycles. The van der Waals surface area contributed by atoms with Gasteiger partial charge >= 0.3 is 0 Å². The number of hydrogen-bond acceptors (Lipinski definition) is 2. The van der Waals surface area contributed by atoms with Crippen LogP contribution in [-0.4, -0.2) is 17.3 Å². The minimum atomic E-state index is 0.0851. The Kier molecular flexibility index (Phi) is 2.23. The molecule has 0 amide bonds. The Labute approximate surface area is 85.0 Å². The molecule has 2 N–H and O–H groups in total. The first-order chi connectivity index (χ1) is 6.62. The van der Waals surface area contributed by atoms with Crippen molar-refractivity contribution in [2.75, 3.05) is 11.9 Å². The van der Waals surface area contributed by atoms with Crippen LogP contribution in [0.1, 0.15) is 31.7 Å². The van der Waals surface area contributed by atoms with Crippen LogP contribution < -0.4 is 5.32 Å². The SMILES string of the molecule is CC1(C)CC(CO)c2ccccc2N1. The number of rotatable bonds is 1. The average Bonchev–Trinajstić information content (AvgIpc) is 2.15. The van der Waals surface area contributed by atoms with Gasteiger partial charge in [-0.1, -0.05) is 18.2 Å². The highest BCUT2D eigenvalue weighted by Crippen LogP contribution is 2.38. The van der Waals surface area contributed by atoms with Gasteiger partial charge in [0.1, 0.15) is 0 Å². The van der Waals surface area contributed by atoms with Crippen LogP contribution in [0.25, 0.3) is 0 Å². The second-order valence-electron chi connectivity index (χ2n) is 4.68. The van der Waals surface area contributed by atoms with Crippen molar-refractivity contribution in [2.24, 2.45) is 0 Å². The lowest BCUT2D eigenvalue weighted by molar-refractivity contribution is 0.241. The van der Waals surface area contributed by atoms with Crippen LogP contribution in [-0.2, 0) is 0 Å². The Bertz CT molecular complexity index is 333. The molecule has 0 fully saturated rings. The van der Waals surface area contributed by atoms with Gasteiger partial charge < -0.3 is 10.4 Å². The Morgan fingerprint density at radius 3 is 2.86 bits per heavy atom. The van der Waals surface area contributed by atoms with Crippen molar-refractivity contribution in [2.45, 2.75) is 31.7 Å². The zero-order valence-corrected chi connectivity index (χ0v) is 8.75. The third-order valence-electron chi connectivity index (χ3n) is 2.85. The van der Waals surface area contributed by atoms with Crippen LogP contribution in [0.3, 0.4) is 0 Å². The van der Waals surface area contributed by atoms with Crippen molar-refractivity contribution < 1.29 is 5.11 Å². The second-order valence-corrected chi connectivity index (χ2v) is 4.68. The summed E-state index contributed by atoms with van der Waals surface area (Å²) in [7, 11) is 0. The van der Waals surface area contributed by atoms with E-state index in [0.29, 0.717) is 0 Å². The van der Waals surface area contributed by atoms with Gasteiger partial charge in [0.15, 0.2) is 0 Å². The van der Waals surface area contributed by atoms with Crippen LogP contribution in [0.4, 0.5) is 5.69 Å². The third-order valence-corrected chi connectivity index (χ3v) is 2.85. The van der Waals surface area contributed by atoms with Crippen molar-refractivity contribution in [1.29, 1.82) is 0 Å². The maximum Gasteiger partial charge on any atom is 0.0501 e. The molecule has 14 heavy (non-hydrogen) atoms. The molecule has 0 bridgehead atoms. The number of anilines is 1. The number of nitrogens with one attached hydrogen (secondary N) is 1. The third kappa shape index (κ3) is 1.62. The Morgan fingerprint density at radius 2 is 2.14 bits per heavy atom. The van der Waals surface area contributed by atoms with Crippen molar-refractivity contribution in [3.05, 3.63) is 29.8 Å². The normalized spacial score (nSPS) is 23.8. The molecule has 0 saturated heterocycles. The molecular formula is C12H17NO. The zero-order valence-electron chi connectivity index (χ0n) is 8.75. The molecule has 1 aliphatic rings. The van der Waals surface area contributed by atoms with Gasteiger partial charge in [-0.3, -0.25) is 0 Å². The number of hydrogen-bond donors (Lipinski definition) is 2. The molecule has 1 aromatic rings. The lowest BCUT2D eigenvalue weighted by Crippen LogP contribution is -2.38. The topological polar surface area (TPSA) is 32.3 Å². The molecule has 2 nitrogen and oxygen atoms in total. The van der Waals surface area contributed by atoms with Crippen LogP contribution in [0.2, 0.25) is 0 Å². The lowest BCUT2D eigenvalue weighted by atomic mass is 9.81. The summed E-state index contributed by atoms with van der Waals surface area (Å²) in [5.41, 5.74) is 2.50. The van der Waals surface area contributed by atoms with Crippen molar-refractivity contribution in [1.82, 2.24) is 0 Å². The van der Waals surface area contributed by atoms with Gasteiger partial charge in [0.2, 0.25) is 0 Å². The quantitative estimate of drug-likeness (QED) is 0.714. The maximum atomic E-state index is 9.34. The van der Waals surface area contributed by atoms with E-state index >= 15 is 0 Å². The second kappa shape index (κ2) is 3.28. The molecule has 2 heteroatoms. The summed E-state index contributed by atoms with van der Waals surface area (Å²) < 4.78 is 0. The highest BCUT2D eigenvalue weighted by atomic mass is 16.3. The van der Waals surface area contributed by atoms with E-state index in [9.17, 15) is 5.11 Å². The van der Waals surface area contributed by atoms with E-state index < -0.39 is 0 Å². The van der Waals surface area contributed by atoms with Crippen LogP contribution in [0, 0.1) is 0 Å². The van der Waals surface area contributed by atoms with E-state index in [4.69, 9.17) is 0 Å². The average molecular weight is 191 g/mol. The summed E-state index contributed by atoms with van der Waals surface area (Å²) in [6.45, 7) is 4.58.